The molecule has 0 aromatic carbocycles. The van der Waals surface area contributed by atoms with Crippen LogP contribution >= 0.6 is 0 Å². The van der Waals surface area contributed by atoms with Gasteiger partial charge >= 0.3 is 12.1 Å². The Morgan fingerprint density at radius 2 is 2.14 bits per heavy atom. The predicted molar refractivity (Wildman–Crippen MR) is 75.3 cm³/mol. The molecule has 0 aliphatic carbocycles. The van der Waals surface area contributed by atoms with Crippen molar-refractivity contribution in [3.63, 3.8) is 0 Å². The topological polar surface area (TPSA) is 86.8 Å². The van der Waals surface area contributed by atoms with E-state index in [2.05, 4.69) is 17.2 Å². The van der Waals surface area contributed by atoms with Gasteiger partial charge in [-0.1, -0.05) is 19.8 Å². The molecule has 0 spiro atoms. The molecule has 1 aromatic heterocycles. The highest BCUT2D eigenvalue weighted by atomic mass is 16.6. The van der Waals surface area contributed by atoms with Crippen LogP contribution in [0, 0.1) is 0 Å². The summed E-state index contributed by atoms with van der Waals surface area (Å²) in [6.07, 6.45) is 3.54. The van der Waals surface area contributed by atoms with Gasteiger partial charge in [-0.15, -0.1) is 0 Å². The average Bonchev–Trinajstić information content (AvgIpc) is 2.50. The fourth-order valence-corrected chi connectivity index (χ4v) is 1.47. The third-order valence-corrected chi connectivity index (χ3v) is 2.53. The molecule has 7 heteroatoms. The number of esters is 1. The molecule has 21 heavy (non-hydrogen) atoms. The predicted octanol–water partition coefficient (Wildman–Crippen LogP) is 1.91. The molecule has 0 saturated carbocycles. The third kappa shape index (κ3) is 6.60. The van der Waals surface area contributed by atoms with Crippen molar-refractivity contribution < 1.29 is 23.8 Å². The molecule has 1 amide bonds. The van der Waals surface area contributed by atoms with Crippen LogP contribution in [0.25, 0.3) is 0 Å². The number of nitrogens with one attached hydrogen (secondary N) is 1. The minimum atomic E-state index is -0.794. The molecule has 7 nitrogen and oxygen atoms in total. The molecule has 0 aliphatic heterocycles. The molecule has 0 fully saturated rings. The van der Waals surface area contributed by atoms with E-state index in [9.17, 15) is 9.59 Å². The Balaban J connectivity index is 2.29. The fraction of sp³-hybridized carbons (Fsp3) is 0.500. The average molecular weight is 296 g/mol. The van der Waals surface area contributed by atoms with Gasteiger partial charge in [-0.3, -0.25) is 4.79 Å². The molecular weight excluding hydrogens is 276 g/mol. The molecule has 0 radical (unpaired) electrons. The molecule has 0 aliphatic rings. The lowest BCUT2D eigenvalue weighted by molar-refractivity contribution is -0.142. The first-order chi connectivity index (χ1) is 10.2. The number of hydrogen-bond acceptors (Lipinski definition) is 6. The molecule has 1 heterocycles. The number of ether oxygens (including phenoxy) is 3. The molecule has 116 valence electrons. The lowest BCUT2D eigenvalue weighted by Gasteiger charge is -2.08. The molecule has 0 atom stereocenters. The van der Waals surface area contributed by atoms with Crippen LogP contribution in [0.4, 0.5) is 4.79 Å². The van der Waals surface area contributed by atoms with Gasteiger partial charge < -0.3 is 19.5 Å². The Bertz CT molecular complexity index is 464. The number of amides is 1. The van der Waals surface area contributed by atoms with Gasteiger partial charge in [-0.2, -0.15) is 0 Å². The standard InChI is InChI=1S/C14H20N2O5/c1-3-4-5-9-20-12(17)10-16-14(18)21-13-11(19-2)7-6-8-15-13/h6-8H,3-5,9-10H2,1-2H3,(H,16,18). The zero-order chi connectivity index (χ0) is 15.5. The molecule has 0 saturated heterocycles. The van der Waals surface area contributed by atoms with Gasteiger partial charge in [0.15, 0.2) is 5.75 Å². The summed E-state index contributed by atoms with van der Waals surface area (Å²) in [6.45, 7) is 2.17. The summed E-state index contributed by atoms with van der Waals surface area (Å²) in [5.74, 6) is -0.139. The van der Waals surface area contributed by atoms with E-state index < -0.39 is 12.1 Å². The maximum Gasteiger partial charge on any atom is 0.414 e. The Labute approximate surface area is 123 Å². The monoisotopic (exact) mass is 296 g/mol. The van der Waals surface area contributed by atoms with E-state index >= 15 is 0 Å². The minimum Gasteiger partial charge on any atom is -0.491 e. The second-order valence-corrected chi connectivity index (χ2v) is 4.18. The van der Waals surface area contributed by atoms with Gasteiger partial charge in [0, 0.05) is 6.20 Å². The SMILES string of the molecule is CCCCCOC(=O)CNC(=O)Oc1ncccc1OC. The van der Waals surface area contributed by atoms with Crippen molar-refractivity contribution in [2.45, 2.75) is 26.2 Å². The largest absolute Gasteiger partial charge is 0.491 e. The minimum absolute atomic E-state index is 0.0359. The van der Waals surface area contributed by atoms with Crippen molar-refractivity contribution in [2.75, 3.05) is 20.3 Å². The van der Waals surface area contributed by atoms with Crippen molar-refractivity contribution in [3.05, 3.63) is 18.3 Å². The normalized spacial score (nSPS) is 9.81. The van der Waals surface area contributed by atoms with Crippen molar-refractivity contribution in [2.24, 2.45) is 0 Å². The van der Waals surface area contributed by atoms with E-state index in [4.69, 9.17) is 14.2 Å². The number of unbranched alkanes of at least 4 members (excludes halogenated alkanes) is 2. The van der Waals surface area contributed by atoms with Crippen LogP contribution in [0.15, 0.2) is 18.3 Å². The van der Waals surface area contributed by atoms with E-state index in [0.29, 0.717) is 12.4 Å². The number of rotatable bonds is 8. The second kappa shape index (κ2) is 9.57. The highest BCUT2D eigenvalue weighted by Gasteiger charge is 2.12. The van der Waals surface area contributed by atoms with E-state index in [1.807, 2.05) is 0 Å². The zero-order valence-corrected chi connectivity index (χ0v) is 12.3. The van der Waals surface area contributed by atoms with Crippen LogP contribution in [-0.4, -0.2) is 37.3 Å². The van der Waals surface area contributed by atoms with Crippen LogP contribution in [0.3, 0.4) is 0 Å². The zero-order valence-electron chi connectivity index (χ0n) is 12.3. The van der Waals surface area contributed by atoms with E-state index in [-0.39, 0.29) is 12.4 Å². The summed E-state index contributed by atoms with van der Waals surface area (Å²) in [5.41, 5.74) is 0. The Morgan fingerprint density at radius 3 is 2.86 bits per heavy atom. The lowest BCUT2D eigenvalue weighted by Crippen LogP contribution is -2.33. The smallest absolute Gasteiger partial charge is 0.414 e. The number of carbonyl (C=O) groups excluding carboxylic acids is 2. The Hall–Kier alpha value is -2.31. The highest BCUT2D eigenvalue weighted by molar-refractivity contribution is 5.78. The van der Waals surface area contributed by atoms with E-state index in [1.165, 1.54) is 13.3 Å². The number of pyridine rings is 1. The summed E-state index contributed by atoms with van der Waals surface area (Å²) in [4.78, 5) is 26.7. The summed E-state index contributed by atoms with van der Waals surface area (Å²) in [7, 11) is 1.44. The molecule has 1 N–H and O–H groups in total. The quantitative estimate of drug-likeness (QED) is 0.582. The highest BCUT2D eigenvalue weighted by Crippen LogP contribution is 2.22. The first-order valence-electron chi connectivity index (χ1n) is 6.77. The van der Waals surface area contributed by atoms with Crippen molar-refractivity contribution in [1.29, 1.82) is 0 Å². The maximum absolute atomic E-state index is 11.5. The van der Waals surface area contributed by atoms with Crippen LogP contribution in [0.5, 0.6) is 11.6 Å². The molecule has 1 aromatic rings. The van der Waals surface area contributed by atoms with Crippen LogP contribution < -0.4 is 14.8 Å². The molecular formula is C14H20N2O5. The third-order valence-electron chi connectivity index (χ3n) is 2.53. The number of hydrogen-bond donors (Lipinski definition) is 1. The fourth-order valence-electron chi connectivity index (χ4n) is 1.47. The summed E-state index contributed by atoms with van der Waals surface area (Å²) in [5, 5.41) is 2.29. The van der Waals surface area contributed by atoms with Crippen LogP contribution in [0.2, 0.25) is 0 Å². The van der Waals surface area contributed by atoms with Gasteiger partial charge in [-0.05, 0) is 18.6 Å². The van der Waals surface area contributed by atoms with Gasteiger partial charge in [-0.25, -0.2) is 9.78 Å². The lowest BCUT2D eigenvalue weighted by atomic mass is 10.3. The molecule has 0 bridgehead atoms. The number of carbonyl (C=O) groups is 2. The summed E-state index contributed by atoms with van der Waals surface area (Å²) >= 11 is 0. The summed E-state index contributed by atoms with van der Waals surface area (Å²) in [6, 6.07) is 3.26. The van der Waals surface area contributed by atoms with Crippen LogP contribution in [-0.2, 0) is 9.53 Å². The van der Waals surface area contributed by atoms with Gasteiger partial charge in [0.2, 0.25) is 0 Å². The van der Waals surface area contributed by atoms with E-state index in [0.717, 1.165) is 19.3 Å². The van der Waals surface area contributed by atoms with E-state index in [1.54, 1.807) is 12.1 Å². The molecule has 1 rings (SSSR count). The number of nitrogens with zero attached hydrogens (tertiary/aromatic N) is 1. The first kappa shape index (κ1) is 16.7. The van der Waals surface area contributed by atoms with Gasteiger partial charge in [0.1, 0.15) is 6.54 Å². The number of methoxy groups -OCH3 is 1. The Morgan fingerprint density at radius 1 is 1.33 bits per heavy atom. The first-order valence-corrected chi connectivity index (χ1v) is 6.77. The van der Waals surface area contributed by atoms with Crippen molar-refractivity contribution >= 4 is 12.1 Å². The van der Waals surface area contributed by atoms with Crippen LogP contribution in [0.1, 0.15) is 26.2 Å². The van der Waals surface area contributed by atoms with Gasteiger partial charge in [0.25, 0.3) is 5.88 Å². The summed E-state index contributed by atoms with van der Waals surface area (Å²) < 4.78 is 14.9. The number of aromatic nitrogens is 1. The Kier molecular flexibility index (Phi) is 7.63. The molecule has 0 unspecified atom stereocenters. The second-order valence-electron chi connectivity index (χ2n) is 4.18. The van der Waals surface area contributed by atoms with Crippen molar-refractivity contribution in [3.8, 4) is 11.6 Å². The van der Waals surface area contributed by atoms with Gasteiger partial charge in [0.05, 0.1) is 13.7 Å². The van der Waals surface area contributed by atoms with Crippen molar-refractivity contribution in [1.82, 2.24) is 10.3 Å². The maximum atomic E-state index is 11.5.